The number of rotatable bonds is 2. The molecule has 0 unspecified atom stereocenters. The van der Waals surface area contributed by atoms with Crippen LogP contribution in [0.2, 0.25) is 0 Å². The van der Waals surface area contributed by atoms with Crippen LogP contribution in [0.15, 0.2) is 0 Å². The van der Waals surface area contributed by atoms with Crippen LogP contribution in [0.3, 0.4) is 0 Å². The Morgan fingerprint density at radius 2 is 1.63 bits per heavy atom. The van der Waals surface area contributed by atoms with Crippen molar-refractivity contribution in [3.8, 4) is 6.07 Å². The quantitative estimate of drug-likeness (QED) is 0.826. The van der Waals surface area contributed by atoms with Crippen molar-refractivity contribution in [1.29, 1.82) is 5.26 Å². The summed E-state index contributed by atoms with van der Waals surface area (Å²) in [5, 5.41) is 12.4. The van der Waals surface area contributed by atoms with Crippen molar-refractivity contribution in [2.75, 3.05) is 40.3 Å². The van der Waals surface area contributed by atoms with Gasteiger partial charge in [-0.2, -0.15) is 5.26 Å². The topological polar surface area (TPSA) is 42.3 Å². The lowest BCUT2D eigenvalue weighted by Crippen LogP contribution is -2.54. The van der Waals surface area contributed by atoms with Crippen LogP contribution in [0.1, 0.15) is 39.5 Å². The zero-order chi connectivity index (χ0) is 14.3. The molecule has 0 atom stereocenters. The second-order valence-corrected chi connectivity index (χ2v) is 5.51. The summed E-state index contributed by atoms with van der Waals surface area (Å²) < 4.78 is 0. The van der Waals surface area contributed by atoms with E-state index in [2.05, 4.69) is 28.2 Å². The average Bonchev–Trinajstić information content (AvgIpc) is 2.50. The molecule has 0 aliphatic carbocycles. The van der Waals surface area contributed by atoms with E-state index in [1.165, 1.54) is 25.9 Å². The van der Waals surface area contributed by atoms with E-state index in [1.54, 1.807) is 0 Å². The molecule has 0 aromatic carbocycles. The fourth-order valence-corrected chi connectivity index (χ4v) is 3.05. The van der Waals surface area contributed by atoms with Gasteiger partial charge in [-0.05, 0) is 52.9 Å². The zero-order valence-electron chi connectivity index (χ0n) is 13.1. The van der Waals surface area contributed by atoms with E-state index in [0.717, 1.165) is 32.0 Å². The van der Waals surface area contributed by atoms with Crippen LogP contribution in [0, 0.1) is 11.3 Å². The van der Waals surface area contributed by atoms with E-state index in [0.29, 0.717) is 0 Å². The number of nitrogens with zero attached hydrogens (tertiary/aromatic N) is 3. The van der Waals surface area contributed by atoms with Crippen LogP contribution in [-0.4, -0.2) is 61.7 Å². The minimum atomic E-state index is -0.262. The Kier molecular flexibility index (Phi) is 6.78. The third kappa shape index (κ3) is 4.17. The minimum absolute atomic E-state index is 0.262. The SMILES string of the molecule is CC.CNC1(C#N)CCN(C2CCN(C)CC2)CC1. The Labute approximate surface area is 118 Å². The molecule has 110 valence electrons. The van der Waals surface area contributed by atoms with Gasteiger partial charge in [-0.15, -0.1) is 0 Å². The van der Waals surface area contributed by atoms with Crippen molar-refractivity contribution in [1.82, 2.24) is 15.1 Å². The van der Waals surface area contributed by atoms with E-state index < -0.39 is 0 Å². The minimum Gasteiger partial charge on any atom is -0.306 e. The first-order chi connectivity index (χ1) is 9.19. The molecule has 2 aliphatic heterocycles. The Balaban J connectivity index is 0.000000861. The van der Waals surface area contributed by atoms with E-state index in [9.17, 15) is 5.26 Å². The summed E-state index contributed by atoms with van der Waals surface area (Å²) in [5.74, 6) is 0. The Morgan fingerprint density at radius 1 is 1.11 bits per heavy atom. The van der Waals surface area contributed by atoms with Gasteiger partial charge in [0.1, 0.15) is 5.54 Å². The highest BCUT2D eigenvalue weighted by molar-refractivity contribution is 5.09. The largest absolute Gasteiger partial charge is 0.306 e. The van der Waals surface area contributed by atoms with Gasteiger partial charge in [0.05, 0.1) is 6.07 Å². The molecule has 2 fully saturated rings. The van der Waals surface area contributed by atoms with Gasteiger partial charge in [0.15, 0.2) is 0 Å². The van der Waals surface area contributed by atoms with E-state index in [4.69, 9.17) is 0 Å². The highest BCUT2D eigenvalue weighted by atomic mass is 15.2. The van der Waals surface area contributed by atoms with Crippen molar-refractivity contribution in [3.63, 3.8) is 0 Å². The highest BCUT2D eigenvalue weighted by Crippen LogP contribution is 2.25. The summed E-state index contributed by atoms with van der Waals surface area (Å²) in [6, 6.07) is 3.20. The molecule has 2 saturated heterocycles. The number of nitrogens with one attached hydrogen (secondary N) is 1. The summed E-state index contributed by atoms with van der Waals surface area (Å²) in [5.41, 5.74) is -0.262. The molecule has 19 heavy (non-hydrogen) atoms. The standard InChI is InChI=1S/C13H24N4.C2H6/c1-15-13(11-14)5-9-17(10-6-13)12-3-7-16(2)8-4-12;1-2/h12,15H,3-10H2,1-2H3;1-2H3. The van der Waals surface area contributed by atoms with Gasteiger partial charge in [0.25, 0.3) is 0 Å². The molecule has 0 radical (unpaired) electrons. The lowest BCUT2D eigenvalue weighted by atomic mass is 9.87. The fraction of sp³-hybridized carbons (Fsp3) is 0.933. The number of hydrogen-bond acceptors (Lipinski definition) is 4. The number of piperidine rings is 2. The summed E-state index contributed by atoms with van der Waals surface area (Å²) in [6.45, 7) is 8.58. The number of likely N-dealkylation sites (tertiary alicyclic amines) is 2. The molecular weight excluding hydrogens is 236 g/mol. The van der Waals surface area contributed by atoms with Gasteiger partial charge in [-0.25, -0.2) is 0 Å². The monoisotopic (exact) mass is 266 g/mol. The molecule has 2 aliphatic rings. The summed E-state index contributed by atoms with van der Waals surface area (Å²) >= 11 is 0. The maximum absolute atomic E-state index is 9.24. The maximum Gasteiger partial charge on any atom is 0.108 e. The zero-order valence-corrected chi connectivity index (χ0v) is 13.1. The number of nitriles is 1. The van der Waals surface area contributed by atoms with Gasteiger partial charge < -0.3 is 15.1 Å². The van der Waals surface area contributed by atoms with Crippen LogP contribution in [0.25, 0.3) is 0 Å². The molecule has 4 nitrogen and oxygen atoms in total. The van der Waals surface area contributed by atoms with Gasteiger partial charge in [-0.3, -0.25) is 0 Å². The molecule has 1 N–H and O–H groups in total. The predicted octanol–water partition coefficient (Wildman–Crippen LogP) is 1.68. The van der Waals surface area contributed by atoms with Crippen molar-refractivity contribution in [2.45, 2.75) is 51.1 Å². The van der Waals surface area contributed by atoms with E-state index in [-0.39, 0.29) is 5.54 Å². The van der Waals surface area contributed by atoms with Crippen molar-refractivity contribution < 1.29 is 0 Å². The Bertz CT molecular complexity index is 281. The predicted molar refractivity (Wildman–Crippen MR) is 80.1 cm³/mol. The second kappa shape index (κ2) is 7.84. The lowest BCUT2D eigenvalue weighted by Gasteiger charge is -2.43. The number of hydrogen-bond donors (Lipinski definition) is 1. The molecule has 0 bridgehead atoms. The van der Waals surface area contributed by atoms with Crippen molar-refractivity contribution >= 4 is 0 Å². The first-order valence-electron chi connectivity index (χ1n) is 7.72. The lowest BCUT2D eigenvalue weighted by molar-refractivity contribution is 0.0815. The van der Waals surface area contributed by atoms with Crippen LogP contribution in [0.4, 0.5) is 0 Å². The molecule has 0 aromatic rings. The van der Waals surface area contributed by atoms with Crippen molar-refractivity contribution in [2.24, 2.45) is 0 Å². The van der Waals surface area contributed by atoms with Crippen molar-refractivity contribution in [3.05, 3.63) is 0 Å². The second-order valence-electron chi connectivity index (χ2n) is 5.51. The molecule has 4 heteroatoms. The summed E-state index contributed by atoms with van der Waals surface area (Å²) in [4.78, 5) is 5.01. The van der Waals surface area contributed by atoms with E-state index >= 15 is 0 Å². The molecule has 2 rings (SSSR count). The van der Waals surface area contributed by atoms with Crippen LogP contribution in [-0.2, 0) is 0 Å². The third-order valence-electron chi connectivity index (χ3n) is 4.55. The Morgan fingerprint density at radius 3 is 2.05 bits per heavy atom. The van der Waals surface area contributed by atoms with Crippen LogP contribution in [0.5, 0.6) is 0 Å². The van der Waals surface area contributed by atoms with Crippen LogP contribution < -0.4 is 5.32 Å². The first kappa shape index (κ1) is 16.4. The smallest absolute Gasteiger partial charge is 0.108 e. The van der Waals surface area contributed by atoms with Gasteiger partial charge >= 0.3 is 0 Å². The van der Waals surface area contributed by atoms with Crippen LogP contribution >= 0.6 is 0 Å². The molecule has 0 saturated carbocycles. The van der Waals surface area contributed by atoms with E-state index in [1.807, 2.05) is 20.9 Å². The van der Waals surface area contributed by atoms with Gasteiger partial charge in [-0.1, -0.05) is 13.8 Å². The fourth-order valence-electron chi connectivity index (χ4n) is 3.05. The summed E-state index contributed by atoms with van der Waals surface area (Å²) in [6.07, 6.45) is 4.50. The molecule has 0 amide bonds. The highest BCUT2D eigenvalue weighted by Gasteiger charge is 2.35. The maximum atomic E-state index is 9.24. The molecule has 2 heterocycles. The molecule has 0 aromatic heterocycles. The average molecular weight is 266 g/mol. The Hall–Kier alpha value is -0.630. The molecular formula is C15H30N4. The molecule has 0 spiro atoms. The normalized spacial score (nSPS) is 25.2. The third-order valence-corrected chi connectivity index (χ3v) is 4.55. The van der Waals surface area contributed by atoms with Gasteiger partial charge in [0.2, 0.25) is 0 Å². The summed E-state index contributed by atoms with van der Waals surface area (Å²) in [7, 11) is 4.11. The van der Waals surface area contributed by atoms with Gasteiger partial charge in [0, 0.05) is 19.1 Å². The first-order valence-corrected chi connectivity index (χ1v) is 7.72.